The summed E-state index contributed by atoms with van der Waals surface area (Å²) in [5.41, 5.74) is 1.80. The van der Waals surface area contributed by atoms with Gasteiger partial charge in [-0.15, -0.1) is 0 Å². The first kappa shape index (κ1) is 13.0. The number of carboxylic acids is 2. The number of hydrogen-bond acceptors (Lipinski definition) is 3. The molecule has 1 rings (SSSR count). The van der Waals surface area contributed by atoms with E-state index in [1.807, 2.05) is 0 Å². The summed E-state index contributed by atoms with van der Waals surface area (Å²) < 4.78 is 0. The maximum absolute atomic E-state index is 10.8. The molecule has 0 spiro atoms. The van der Waals surface area contributed by atoms with Gasteiger partial charge in [0.05, 0.1) is 0 Å². The molecule has 1 aromatic rings. The molecule has 0 heterocycles. The van der Waals surface area contributed by atoms with Crippen LogP contribution in [0.3, 0.4) is 0 Å². The molecular formula is C12H14O5. The average Bonchev–Trinajstić information content (AvgIpc) is 2.21. The second-order valence-corrected chi connectivity index (χ2v) is 4.01. The summed E-state index contributed by atoms with van der Waals surface area (Å²) in [5.74, 6) is -4.03. The van der Waals surface area contributed by atoms with Gasteiger partial charge >= 0.3 is 11.9 Å². The van der Waals surface area contributed by atoms with Gasteiger partial charge in [0.25, 0.3) is 0 Å². The van der Waals surface area contributed by atoms with Crippen molar-refractivity contribution in [2.75, 3.05) is 0 Å². The molecule has 0 aromatic heterocycles. The number of phenols is 1. The van der Waals surface area contributed by atoms with Crippen molar-refractivity contribution >= 4 is 11.9 Å². The highest BCUT2D eigenvalue weighted by molar-refractivity contribution is 5.93. The predicted molar refractivity (Wildman–Crippen MR) is 60.0 cm³/mol. The Balaban J connectivity index is 3.02. The Bertz CT molecular complexity index is 427. The van der Waals surface area contributed by atoms with Crippen LogP contribution in [0.25, 0.3) is 0 Å². The molecule has 0 saturated heterocycles. The van der Waals surface area contributed by atoms with E-state index >= 15 is 0 Å². The molecular weight excluding hydrogens is 224 g/mol. The van der Waals surface area contributed by atoms with Gasteiger partial charge in [0, 0.05) is 0 Å². The van der Waals surface area contributed by atoms with E-state index in [1.165, 1.54) is 0 Å². The maximum atomic E-state index is 10.8. The van der Waals surface area contributed by atoms with Crippen molar-refractivity contribution in [2.24, 2.45) is 5.92 Å². The zero-order valence-electron chi connectivity index (χ0n) is 9.60. The standard InChI is InChI=1S/C12H14O5/c1-6-3-8(4-7(2)10(6)13)5-9(11(14)15)12(16)17/h3-4,9,13H,5H2,1-2H3,(H,14,15)(H,16,17). The van der Waals surface area contributed by atoms with Gasteiger partial charge in [-0.25, -0.2) is 0 Å². The Kier molecular flexibility index (Phi) is 3.73. The molecule has 0 radical (unpaired) electrons. The third-order valence-electron chi connectivity index (χ3n) is 2.59. The molecule has 17 heavy (non-hydrogen) atoms. The summed E-state index contributed by atoms with van der Waals surface area (Å²) in [6, 6.07) is 3.20. The molecule has 0 unspecified atom stereocenters. The van der Waals surface area contributed by atoms with Crippen LogP contribution in [0.5, 0.6) is 5.75 Å². The highest BCUT2D eigenvalue weighted by atomic mass is 16.4. The van der Waals surface area contributed by atoms with Gasteiger partial charge in [-0.2, -0.15) is 0 Å². The summed E-state index contributed by atoms with van der Waals surface area (Å²) in [4.78, 5) is 21.5. The molecule has 3 N–H and O–H groups in total. The minimum atomic E-state index is -1.46. The van der Waals surface area contributed by atoms with Crippen LogP contribution in [-0.4, -0.2) is 27.3 Å². The minimum Gasteiger partial charge on any atom is -0.507 e. The molecule has 5 heteroatoms. The Labute approximate surface area is 98.3 Å². The van der Waals surface area contributed by atoms with Crippen molar-refractivity contribution in [1.82, 2.24) is 0 Å². The topological polar surface area (TPSA) is 94.8 Å². The Morgan fingerprint density at radius 1 is 1.12 bits per heavy atom. The lowest BCUT2D eigenvalue weighted by Gasteiger charge is -2.10. The van der Waals surface area contributed by atoms with Crippen LogP contribution in [0.4, 0.5) is 0 Å². The highest BCUT2D eigenvalue weighted by Crippen LogP contribution is 2.24. The first-order valence-electron chi connectivity index (χ1n) is 5.07. The average molecular weight is 238 g/mol. The van der Waals surface area contributed by atoms with Crippen molar-refractivity contribution in [3.8, 4) is 5.75 Å². The summed E-state index contributed by atoms with van der Waals surface area (Å²) >= 11 is 0. The van der Waals surface area contributed by atoms with Gasteiger partial charge in [0.15, 0.2) is 5.92 Å². The van der Waals surface area contributed by atoms with Gasteiger partial charge in [0.1, 0.15) is 5.75 Å². The monoisotopic (exact) mass is 238 g/mol. The Morgan fingerprint density at radius 2 is 1.53 bits per heavy atom. The van der Waals surface area contributed by atoms with Crippen molar-refractivity contribution in [3.05, 3.63) is 28.8 Å². The number of aliphatic carboxylic acids is 2. The van der Waals surface area contributed by atoms with Gasteiger partial charge in [-0.05, 0) is 37.0 Å². The molecule has 0 fully saturated rings. The largest absolute Gasteiger partial charge is 0.507 e. The molecule has 5 nitrogen and oxygen atoms in total. The van der Waals surface area contributed by atoms with Gasteiger partial charge < -0.3 is 15.3 Å². The number of phenolic OH excluding ortho intramolecular Hbond substituents is 1. The molecule has 92 valence electrons. The van der Waals surface area contributed by atoms with Crippen LogP contribution in [-0.2, 0) is 16.0 Å². The molecule has 0 aliphatic heterocycles. The molecule has 0 atom stereocenters. The molecule has 0 aliphatic rings. The minimum absolute atomic E-state index is 0.0906. The van der Waals surface area contributed by atoms with Crippen molar-refractivity contribution in [3.63, 3.8) is 0 Å². The summed E-state index contributed by atoms with van der Waals surface area (Å²) in [7, 11) is 0. The van der Waals surface area contributed by atoms with E-state index in [9.17, 15) is 14.7 Å². The van der Waals surface area contributed by atoms with E-state index in [-0.39, 0.29) is 12.2 Å². The first-order valence-corrected chi connectivity index (χ1v) is 5.07. The second kappa shape index (κ2) is 4.86. The van der Waals surface area contributed by atoms with E-state index in [4.69, 9.17) is 10.2 Å². The van der Waals surface area contributed by atoms with Crippen LogP contribution >= 0.6 is 0 Å². The fourth-order valence-corrected chi connectivity index (χ4v) is 1.68. The molecule has 0 amide bonds. The van der Waals surface area contributed by atoms with Crippen molar-refractivity contribution in [2.45, 2.75) is 20.3 Å². The Morgan fingerprint density at radius 3 is 1.88 bits per heavy atom. The number of rotatable bonds is 4. The zero-order valence-corrected chi connectivity index (χ0v) is 9.60. The second-order valence-electron chi connectivity index (χ2n) is 4.01. The molecule has 1 aromatic carbocycles. The number of benzene rings is 1. The normalized spacial score (nSPS) is 10.5. The quantitative estimate of drug-likeness (QED) is 0.688. The zero-order chi connectivity index (χ0) is 13.2. The SMILES string of the molecule is Cc1cc(CC(C(=O)O)C(=O)O)cc(C)c1O. The van der Waals surface area contributed by atoms with Gasteiger partial charge in [0.2, 0.25) is 0 Å². The summed E-state index contributed by atoms with van der Waals surface area (Å²) in [6.45, 7) is 3.37. The molecule has 0 aliphatic carbocycles. The number of carboxylic acid groups (broad SMARTS) is 2. The summed E-state index contributed by atoms with van der Waals surface area (Å²) in [5, 5.41) is 27.1. The third-order valence-corrected chi connectivity index (χ3v) is 2.59. The van der Waals surface area contributed by atoms with Gasteiger partial charge in [-0.3, -0.25) is 9.59 Å². The van der Waals surface area contributed by atoms with E-state index in [1.54, 1.807) is 26.0 Å². The van der Waals surface area contributed by atoms with Crippen LogP contribution in [0.2, 0.25) is 0 Å². The lowest BCUT2D eigenvalue weighted by molar-refractivity contribution is -0.154. The third kappa shape index (κ3) is 2.96. The van der Waals surface area contributed by atoms with Crippen LogP contribution in [0.1, 0.15) is 16.7 Å². The van der Waals surface area contributed by atoms with Crippen LogP contribution < -0.4 is 0 Å². The number of hydrogen-bond donors (Lipinski definition) is 3. The number of aryl methyl sites for hydroxylation is 2. The lowest BCUT2D eigenvalue weighted by Crippen LogP contribution is -2.25. The smallest absolute Gasteiger partial charge is 0.318 e. The predicted octanol–water partition coefficient (Wildman–Crippen LogP) is 1.34. The first-order chi connectivity index (χ1) is 7.82. The summed E-state index contributed by atoms with van der Waals surface area (Å²) in [6.07, 6.45) is -0.0906. The van der Waals surface area contributed by atoms with Crippen LogP contribution in [0, 0.1) is 19.8 Å². The highest BCUT2D eigenvalue weighted by Gasteiger charge is 2.26. The van der Waals surface area contributed by atoms with E-state index < -0.39 is 17.9 Å². The van der Waals surface area contributed by atoms with Crippen LogP contribution in [0.15, 0.2) is 12.1 Å². The fraction of sp³-hybridized carbons (Fsp3) is 0.333. The lowest BCUT2D eigenvalue weighted by atomic mass is 9.96. The number of carbonyl (C=O) groups is 2. The van der Waals surface area contributed by atoms with Crippen molar-refractivity contribution in [1.29, 1.82) is 0 Å². The van der Waals surface area contributed by atoms with E-state index in [2.05, 4.69) is 0 Å². The maximum Gasteiger partial charge on any atom is 0.318 e. The van der Waals surface area contributed by atoms with E-state index in [0.29, 0.717) is 16.7 Å². The Hall–Kier alpha value is -2.04. The fourth-order valence-electron chi connectivity index (χ4n) is 1.68. The van der Waals surface area contributed by atoms with E-state index in [0.717, 1.165) is 0 Å². The van der Waals surface area contributed by atoms with Crippen molar-refractivity contribution < 1.29 is 24.9 Å². The number of aromatic hydroxyl groups is 1. The molecule has 0 saturated carbocycles. The molecule has 0 bridgehead atoms. The van der Waals surface area contributed by atoms with Gasteiger partial charge in [-0.1, -0.05) is 12.1 Å².